The Morgan fingerprint density at radius 3 is 2.29 bits per heavy atom. The molecule has 0 radical (unpaired) electrons. The van der Waals surface area contributed by atoms with E-state index in [4.69, 9.17) is 4.74 Å². The van der Waals surface area contributed by atoms with Crippen LogP contribution in [0.3, 0.4) is 0 Å². The van der Waals surface area contributed by atoms with E-state index >= 15 is 0 Å². The van der Waals surface area contributed by atoms with Gasteiger partial charge in [-0.1, -0.05) is 44.2 Å². The van der Waals surface area contributed by atoms with Crippen LogP contribution in [0.4, 0.5) is 5.69 Å². The summed E-state index contributed by atoms with van der Waals surface area (Å²) in [6, 6.07) is 23.0. The first-order valence-electron chi connectivity index (χ1n) is 10.3. The summed E-state index contributed by atoms with van der Waals surface area (Å²) < 4.78 is 5.87. The molecular weight excluding hydrogens is 388 g/mol. The SMILES string of the molecule is CC(C)c1ccc(-n2nc3ccc(NC(=O)C(C)(C)Oc4ccccc4)cc3n2)cc1. The molecule has 6 nitrogen and oxygen atoms in total. The number of para-hydroxylation sites is 1. The number of ether oxygens (including phenoxy) is 1. The van der Waals surface area contributed by atoms with Gasteiger partial charge < -0.3 is 10.1 Å². The first-order valence-corrected chi connectivity index (χ1v) is 10.3. The van der Waals surface area contributed by atoms with Crippen molar-refractivity contribution in [3.63, 3.8) is 0 Å². The van der Waals surface area contributed by atoms with Crippen molar-refractivity contribution < 1.29 is 9.53 Å². The molecule has 0 saturated heterocycles. The van der Waals surface area contributed by atoms with E-state index in [1.807, 2.05) is 60.7 Å². The molecule has 0 spiro atoms. The second-order valence-electron chi connectivity index (χ2n) is 8.32. The standard InChI is InChI=1S/C25H26N4O2/c1-17(2)18-10-13-20(14-11-18)29-27-22-15-12-19(16-23(22)28-29)26-24(30)25(3,4)31-21-8-6-5-7-9-21/h5-17H,1-4H3,(H,26,30). The molecule has 0 fully saturated rings. The van der Waals surface area contributed by atoms with Gasteiger partial charge in [0.1, 0.15) is 16.8 Å². The van der Waals surface area contributed by atoms with Gasteiger partial charge in [0.05, 0.1) is 5.69 Å². The molecule has 6 heteroatoms. The lowest BCUT2D eigenvalue weighted by Crippen LogP contribution is -2.42. The Morgan fingerprint density at radius 1 is 0.935 bits per heavy atom. The second kappa shape index (κ2) is 8.22. The van der Waals surface area contributed by atoms with E-state index in [0.717, 1.165) is 11.2 Å². The summed E-state index contributed by atoms with van der Waals surface area (Å²) in [7, 11) is 0. The molecule has 1 heterocycles. The van der Waals surface area contributed by atoms with Gasteiger partial charge in [-0.25, -0.2) is 0 Å². The van der Waals surface area contributed by atoms with Gasteiger partial charge in [-0.15, -0.1) is 10.2 Å². The van der Waals surface area contributed by atoms with Crippen molar-refractivity contribution in [1.29, 1.82) is 0 Å². The van der Waals surface area contributed by atoms with Crippen LogP contribution >= 0.6 is 0 Å². The highest BCUT2D eigenvalue weighted by Crippen LogP contribution is 2.22. The maximum atomic E-state index is 12.8. The predicted octanol–water partition coefficient (Wildman–Crippen LogP) is 5.34. The molecule has 0 aliphatic carbocycles. The quantitative estimate of drug-likeness (QED) is 0.462. The number of anilines is 1. The average Bonchev–Trinajstić information content (AvgIpc) is 3.17. The van der Waals surface area contributed by atoms with Crippen molar-refractivity contribution in [2.45, 2.75) is 39.2 Å². The number of hydrogen-bond acceptors (Lipinski definition) is 4. The highest BCUT2D eigenvalue weighted by Gasteiger charge is 2.30. The predicted molar refractivity (Wildman–Crippen MR) is 123 cm³/mol. The number of fused-ring (bicyclic) bond motifs is 1. The maximum Gasteiger partial charge on any atom is 0.267 e. The Kier molecular flexibility index (Phi) is 5.46. The molecule has 0 atom stereocenters. The van der Waals surface area contributed by atoms with Crippen LogP contribution in [0, 0.1) is 0 Å². The van der Waals surface area contributed by atoms with Crippen molar-refractivity contribution in [3.8, 4) is 11.4 Å². The number of carbonyl (C=O) groups is 1. The first kappa shape index (κ1) is 20.6. The maximum absolute atomic E-state index is 12.8. The average molecular weight is 415 g/mol. The summed E-state index contributed by atoms with van der Waals surface area (Å²) in [6.07, 6.45) is 0. The molecule has 0 bridgehead atoms. The minimum absolute atomic E-state index is 0.243. The molecule has 3 aromatic carbocycles. The summed E-state index contributed by atoms with van der Waals surface area (Å²) in [4.78, 5) is 14.4. The first-order chi connectivity index (χ1) is 14.8. The molecule has 1 N–H and O–H groups in total. The van der Waals surface area contributed by atoms with Crippen molar-refractivity contribution in [2.24, 2.45) is 0 Å². The van der Waals surface area contributed by atoms with Crippen LogP contribution in [0.25, 0.3) is 16.7 Å². The van der Waals surface area contributed by atoms with E-state index in [2.05, 4.69) is 41.5 Å². The van der Waals surface area contributed by atoms with E-state index in [-0.39, 0.29) is 5.91 Å². The zero-order chi connectivity index (χ0) is 22.0. The summed E-state index contributed by atoms with van der Waals surface area (Å²) >= 11 is 0. The van der Waals surface area contributed by atoms with Gasteiger partial charge in [-0.05, 0) is 67.8 Å². The van der Waals surface area contributed by atoms with Crippen molar-refractivity contribution in [1.82, 2.24) is 15.0 Å². The molecule has 0 aliphatic rings. The third-order valence-corrected chi connectivity index (χ3v) is 5.09. The summed E-state index contributed by atoms with van der Waals surface area (Å²) in [5.41, 5.74) is 3.23. The Hall–Kier alpha value is -3.67. The van der Waals surface area contributed by atoms with Crippen LogP contribution in [0.2, 0.25) is 0 Å². The fraction of sp³-hybridized carbons (Fsp3) is 0.240. The third-order valence-electron chi connectivity index (χ3n) is 5.09. The van der Waals surface area contributed by atoms with Gasteiger partial charge in [-0.3, -0.25) is 4.79 Å². The van der Waals surface area contributed by atoms with E-state index in [0.29, 0.717) is 22.9 Å². The molecule has 0 aliphatic heterocycles. The third kappa shape index (κ3) is 4.58. The molecule has 0 unspecified atom stereocenters. The zero-order valence-electron chi connectivity index (χ0n) is 18.2. The van der Waals surface area contributed by atoms with E-state index < -0.39 is 5.60 Å². The second-order valence-corrected chi connectivity index (χ2v) is 8.32. The van der Waals surface area contributed by atoms with Crippen molar-refractivity contribution >= 4 is 22.6 Å². The fourth-order valence-electron chi connectivity index (χ4n) is 3.21. The molecule has 0 saturated carbocycles. The largest absolute Gasteiger partial charge is 0.478 e. The number of nitrogens with zero attached hydrogens (tertiary/aromatic N) is 3. The number of amides is 1. The lowest BCUT2D eigenvalue weighted by atomic mass is 10.0. The van der Waals surface area contributed by atoms with Gasteiger partial charge in [0, 0.05) is 5.69 Å². The number of hydrogen-bond donors (Lipinski definition) is 1. The molecule has 4 rings (SSSR count). The number of carbonyl (C=O) groups excluding carboxylic acids is 1. The van der Waals surface area contributed by atoms with E-state index in [9.17, 15) is 4.79 Å². The van der Waals surface area contributed by atoms with Crippen molar-refractivity contribution in [3.05, 3.63) is 78.4 Å². The van der Waals surface area contributed by atoms with Crippen molar-refractivity contribution in [2.75, 3.05) is 5.32 Å². The number of nitrogens with one attached hydrogen (secondary N) is 1. The van der Waals surface area contributed by atoms with E-state index in [1.165, 1.54) is 5.56 Å². The number of aromatic nitrogens is 3. The van der Waals surface area contributed by atoms with Crippen LogP contribution in [0.1, 0.15) is 39.2 Å². The lowest BCUT2D eigenvalue weighted by molar-refractivity contribution is -0.128. The Morgan fingerprint density at radius 2 is 1.61 bits per heavy atom. The number of benzene rings is 3. The van der Waals surface area contributed by atoms with Gasteiger partial charge in [0.2, 0.25) is 0 Å². The molecule has 4 aromatic rings. The molecule has 31 heavy (non-hydrogen) atoms. The summed E-state index contributed by atoms with van der Waals surface area (Å²) in [5.74, 6) is 0.872. The summed E-state index contributed by atoms with van der Waals surface area (Å²) in [5, 5.41) is 12.1. The number of rotatable bonds is 6. The van der Waals surface area contributed by atoms with Crippen LogP contribution in [-0.2, 0) is 4.79 Å². The van der Waals surface area contributed by atoms with Crippen LogP contribution < -0.4 is 10.1 Å². The summed E-state index contributed by atoms with van der Waals surface area (Å²) in [6.45, 7) is 7.81. The van der Waals surface area contributed by atoms with Gasteiger partial charge in [-0.2, -0.15) is 4.80 Å². The topological polar surface area (TPSA) is 69.0 Å². The lowest BCUT2D eigenvalue weighted by Gasteiger charge is -2.25. The Balaban J connectivity index is 1.52. The van der Waals surface area contributed by atoms with E-state index in [1.54, 1.807) is 18.6 Å². The molecular formula is C25H26N4O2. The van der Waals surface area contributed by atoms with Crippen LogP contribution in [-0.4, -0.2) is 26.5 Å². The molecule has 1 amide bonds. The van der Waals surface area contributed by atoms with Gasteiger partial charge >= 0.3 is 0 Å². The Bertz CT molecular complexity index is 1200. The smallest absolute Gasteiger partial charge is 0.267 e. The van der Waals surface area contributed by atoms with Crippen LogP contribution in [0.15, 0.2) is 72.8 Å². The van der Waals surface area contributed by atoms with Gasteiger partial charge in [0.25, 0.3) is 5.91 Å². The Labute approximate surface area is 181 Å². The zero-order valence-corrected chi connectivity index (χ0v) is 18.2. The van der Waals surface area contributed by atoms with Crippen LogP contribution in [0.5, 0.6) is 5.75 Å². The fourth-order valence-corrected chi connectivity index (χ4v) is 3.21. The molecule has 1 aromatic heterocycles. The normalized spacial score (nSPS) is 11.6. The minimum Gasteiger partial charge on any atom is -0.478 e. The minimum atomic E-state index is -1.04. The highest BCUT2D eigenvalue weighted by atomic mass is 16.5. The monoisotopic (exact) mass is 414 g/mol. The van der Waals surface area contributed by atoms with Gasteiger partial charge in [0.15, 0.2) is 5.60 Å². The molecule has 158 valence electrons. The highest BCUT2D eigenvalue weighted by molar-refractivity contribution is 5.98.